The molecule has 0 aliphatic carbocycles. The van der Waals surface area contributed by atoms with Crippen molar-refractivity contribution in [1.29, 1.82) is 0 Å². The summed E-state index contributed by atoms with van der Waals surface area (Å²) in [5, 5.41) is 1.50. The smallest absolute Gasteiger partial charge is 0.261 e. The molecule has 1 aromatic heterocycles. The van der Waals surface area contributed by atoms with Crippen LogP contribution in [0.3, 0.4) is 0 Å². The number of rotatable bonds is 7. The zero-order chi connectivity index (χ0) is 25.3. The highest BCUT2D eigenvalue weighted by Gasteiger charge is 2.27. The van der Waals surface area contributed by atoms with Crippen LogP contribution in [-0.4, -0.2) is 38.6 Å². The van der Waals surface area contributed by atoms with Crippen molar-refractivity contribution >= 4 is 71.5 Å². The molecule has 1 atom stereocenters. The van der Waals surface area contributed by atoms with Crippen LogP contribution in [0.15, 0.2) is 71.6 Å². The Bertz CT molecular complexity index is 1500. The van der Waals surface area contributed by atoms with Crippen molar-refractivity contribution < 1.29 is 17.9 Å². The standard InChI is InChI=1S/C25H21Cl2N3O4S2/c26-17-8-12-20(13-9-17)36(32,33)29-18-10-6-16(7-11-18)24(31)30(15-19-3-2-14-34-19)25-28-23-21(27)4-1-5-22(23)35-25/h1,4-13,19,29H,2-3,14-15H2. The number of fused-ring (bicyclic) bond motifs is 1. The summed E-state index contributed by atoms with van der Waals surface area (Å²) < 4.78 is 34.5. The van der Waals surface area contributed by atoms with Crippen LogP contribution in [0, 0.1) is 0 Å². The predicted molar refractivity (Wildman–Crippen MR) is 144 cm³/mol. The van der Waals surface area contributed by atoms with E-state index in [9.17, 15) is 13.2 Å². The highest BCUT2D eigenvalue weighted by Crippen LogP contribution is 2.34. The quantitative estimate of drug-likeness (QED) is 0.289. The van der Waals surface area contributed by atoms with Crippen LogP contribution in [0.25, 0.3) is 10.2 Å². The third kappa shape index (κ3) is 5.35. The van der Waals surface area contributed by atoms with E-state index in [1.807, 2.05) is 12.1 Å². The molecule has 1 saturated heterocycles. The van der Waals surface area contributed by atoms with Crippen molar-refractivity contribution in [3.63, 3.8) is 0 Å². The molecule has 3 aromatic carbocycles. The molecule has 1 N–H and O–H groups in total. The number of carbonyl (C=O) groups is 1. The molecule has 2 heterocycles. The number of para-hydroxylation sites is 1. The van der Waals surface area contributed by atoms with Crippen molar-refractivity contribution in [3.8, 4) is 0 Å². The number of nitrogens with one attached hydrogen (secondary N) is 1. The molecule has 1 amide bonds. The molecule has 4 aromatic rings. The lowest BCUT2D eigenvalue weighted by Crippen LogP contribution is -2.37. The molecule has 1 unspecified atom stereocenters. The van der Waals surface area contributed by atoms with Gasteiger partial charge in [-0.1, -0.05) is 40.6 Å². The highest BCUT2D eigenvalue weighted by atomic mass is 35.5. The van der Waals surface area contributed by atoms with Gasteiger partial charge in [-0.05, 0) is 73.5 Å². The fourth-order valence-electron chi connectivity index (χ4n) is 3.92. The summed E-state index contributed by atoms with van der Waals surface area (Å²) in [7, 11) is -3.80. The van der Waals surface area contributed by atoms with Gasteiger partial charge in [0.15, 0.2) is 5.13 Å². The minimum absolute atomic E-state index is 0.0816. The molecule has 1 fully saturated rings. The maximum atomic E-state index is 13.6. The average molecular weight is 563 g/mol. The van der Waals surface area contributed by atoms with Crippen LogP contribution in [0.2, 0.25) is 10.0 Å². The van der Waals surface area contributed by atoms with Crippen LogP contribution in [0.5, 0.6) is 0 Å². The number of sulfonamides is 1. The Labute approximate surface area is 222 Å². The van der Waals surface area contributed by atoms with Gasteiger partial charge >= 0.3 is 0 Å². The molecule has 11 heteroatoms. The van der Waals surface area contributed by atoms with E-state index in [1.54, 1.807) is 35.2 Å². The highest BCUT2D eigenvalue weighted by molar-refractivity contribution is 7.92. The van der Waals surface area contributed by atoms with Gasteiger partial charge in [-0.3, -0.25) is 14.4 Å². The molecule has 7 nitrogen and oxygen atoms in total. The first-order valence-electron chi connectivity index (χ1n) is 11.2. The number of aromatic nitrogens is 1. The van der Waals surface area contributed by atoms with Crippen LogP contribution in [0.1, 0.15) is 23.2 Å². The molecular weight excluding hydrogens is 541 g/mol. The number of benzene rings is 3. The summed E-state index contributed by atoms with van der Waals surface area (Å²) in [6.45, 7) is 1.03. The lowest BCUT2D eigenvalue weighted by molar-refractivity contribution is 0.0917. The minimum atomic E-state index is -3.80. The van der Waals surface area contributed by atoms with Crippen LogP contribution in [0.4, 0.5) is 10.8 Å². The normalized spacial score (nSPS) is 15.8. The van der Waals surface area contributed by atoms with Gasteiger partial charge in [-0.2, -0.15) is 0 Å². The number of carbonyl (C=O) groups excluding carboxylic acids is 1. The largest absolute Gasteiger partial charge is 0.376 e. The van der Waals surface area contributed by atoms with E-state index in [0.29, 0.717) is 45.1 Å². The van der Waals surface area contributed by atoms with Crippen LogP contribution >= 0.6 is 34.5 Å². The number of hydrogen-bond donors (Lipinski definition) is 1. The molecule has 0 saturated carbocycles. The Hall–Kier alpha value is -2.69. The lowest BCUT2D eigenvalue weighted by atomic mass is 10.1. The first kappa shape index (κ1) is 25.0. The van der Waals surface area contributed by atoms with E-state index < -0.39 is 10.0 Å². The second-order valence-corrected chi connectivity index (χ2v) is 11.8. The number of halogens is 2. The molecule has 36 heavy (non-hydrogen) atoms. The number of anilines is 2. The van der Waals surface area contributed by atoms with E-state index in [2.05, 4.69) is 9.71 Å². The Morgan fingerprint density at radius 3 is 2.50 bits per heavy atom. The van der Waals surface area contributed by atoms with Crippen LogP contribution in [-0.2, 0) is 14.8 Å². The van der Waals surface area contributed by atoms with E-state index in [0.717, 1.165) is 17.5 Å². The van der Waals surface area contributed by atoms with Gasteiger partial charge in [0.2, 0.25) is 0 Å². The van der Waals surface area contributed by atoms with Crippen molar-refractivity contribution in [3.05, 3.63) is 82.3 Å². The maximum Gasteiger partial charge on any atom is 0.261 e. The Morgan fingerprint density at radius 1 is 1.08 bits per heavy atom. The number of nitrogens with zero attached hydrogens (tertiary/aromatic N) is 2. The summed E-state index contributed by atoms with van der Waals surface area (Å²) in [5.74, 6) is -0.257. The summed E-state index contributed by atoms with van der Waals surface area (Å²) in [4.78, 5) is 19.9. The summed E-state index contributed by atoms with van der Waals surface area (Å²) in [6, 6.07) is 17.7. The minimum Gasteiger partial charge on any atom is -0.376 e. The SMILES string of the molecule is O=C(c1ccc(NS(=O)(=O)c2ccc(Cl)cc2)cc1)N(CC1CCCO1)c1nc2c(Cl)cccc2s1. The lowest BCUT2D eigenvalue weighted by Gasteiger charge is -2.23. The van der Waals surface area contributed by atoms with E-state index in [4.69, 9.17) is 27.9 Å². The average Bonchev–Trinajstić information content (AvgIpc) is 3.53. The molecule has 186 valence electrons. The Morgan fingerprint density at radius 2 is 1.83 bits per heavy atom. The number of hydrogen-bond acceptors (Lipinski definition) is 6. The fourth-order valence-corrected chi connectivity index (χ4v) is 6.38. The van der Waals surface area contributed by atoms with E-state index >= 15 is 0 Å². The second-order valence-electron chi connectivity index (χ2n) is 8.27. The van der Waals surface area contributed by atoms with E-state index in [-0.39, 0.29) is 16.9 Å². The van der Waals surface area contributed by atoms with Crippen molar-refractivity contribution in [1.82, 2.24) is 4.98 Å². The summed E-state index contributed by atoms with van der Waals surface area (Å²) in [5.41, 5.74) is 1.38. The maximum absolute atomic E-state index is 13.6. The summed E-state index contributed by atoms with van der Waals surface area (Å²) in [6.07, 6.45) is 1.73. The third-order valence-corrected chi connectivity index (χ3v) is 8.75. The van der Waals surface area contributed by atoms with E-state index in [1.165, 1.54) is 35.6 Å². The van der Waals surface area contributed by atoms with Crippen molar-refractivity contribution in [2.45, 2.75) is 23.8 Å². The monoisotopic (exact) mass is 561 g/mol. The van der Waals surface area contributed by atoms with Crippen LogP contribution < -0.4 is 9.62 Å². The number of amides is 1. The Kier molecular flexibility index (Phi) is 7.18. The molecule has 1 aliphatic heterocycles. The topological polar surface area (TPSA) is 88.6 Å². The van der Waals surface area contributed by atoms with Gasteiger partial charge in [-0.15, -0.1) is 0 Å². The fraction of sp³-hybridized carbons (Fsp3) is 0.200. The first-order chi connectivity index (χ1) is 17.3. The molecule has 0 spiro atoms. The molecule has 5 rings (SSSR count). The Balaban J connectivity index is 1.40. The van der Waals surface area contributed by atoms with Gasteiger partial charge in [0.05, 0.1) is 27.3 Å². The van der Waals surface area contributed by atoms with Gasteiger partial charge in [0.1, 0.15) is 5.52 Å². The molecular formula is C25H21Cl2N3O4S2. The van der Waals surface area contributed by atoms with Gasteiger partial charge in [0, 0.05) is 22.9 Å². The number of ether oxygens (including phenoxy) is 1. The van der Waals surface area contributed by atoms with Crippen molar-refractivity contribution in [2.75, 3.05) is 22.8 Å². The van der Waals surface area contributed by atoms with Gasteiger partial charge in [0.25, 0.3) is 15.9 Å². The molecule has 1 aliphatic rings. The number of thiazole rings is 1. The molecule has 0 radical (unpaired) electrons. The zero-order valence-corrected chi connectivity index (χ0v) is 22.0. The van der Waals surface area contributed by atoms with Gasteiger partial charge in [-0.25, -0.2) is 13.4 Å². The first-order valence-corrected chi connectivity index (χ1v) is 14.2. The third-order valence-electron chi connectivity index (χ3n) is 5.75. The summed E-state index contributed by atoms with van der Waals surface area (Å²) >= 11 is 13.6. The zero-order valence-electron chi connectivity index (χ0n) is 18.9. The second kappa shape index (κ2) is 10.4. The van der Waals surface area contributed by atoms with Crippen molar-refractivity contribution in [2.24, 2.45) is 0 Å². The predicted octanol–water partition coefficient (Wildman–Crippen LogP) is 6.23. The van der Waals surface area contributed by atoms with Gasteiger partial charge < -0.3 is 4.74 Å². The molecule has 0 bridgehead atoms.